The molecule has 0 N–H and O–H groups in total. The number of hydrogen-bond acceptors (Lipinski definition) is 5. The van der Waals surface area contributed by atoms with Gasteiger partial charge in [0.05, 0.1) is 10.5 Å². The first-order chi connectivity index (χ1) is 10.9. The van der Waals surface area contributed by atoms with Crippen molar-refractivity contribution in [1.29, 1.82) is 0 Å². The van der Waals surface area contributed by atoms with Crippen molar-refractivity contribution in [2.45, 2.75) is 32.2 Å². The summed E-state index contributed by atoms with van der Waals surface area (Å²) in [4.78, 5) is 35.9. The molecular formula is C15H17ClN2O5. The number of benzene rings is 1. The summed E-state index contributed by atoms with van der Waals surface area (Å²) >= 11 is 5.69. The molecule has 1 amide bonds. The van der Waals surface area contributed by atoms with Crippen molar-refractivity contribution in [2.75, 3.05) is 13.2 Å². The number of nitro groups is 1. The standard InChI is InChI=1S/C15H17ClN2O5/c1-10-4-2-3-7-17(10)14(19)9-23-15(20)11-5-6-12(16)13(8-11)18(21)22/h5-6,8,10H,2-4,7,9H2,1H3/t10-/m0/s1. The highest BCUT2D eigenvalue weighted by Crippen LogP contribution is 2.25. The average molecular weight is 341 g/mol. The molecule has 1 aromatic rings. The molecule has 0 aromatic heterocycles. The van der Waals surface area contributed by atoms with Crippen LogP contribution in [0, 0.1) is 10.1 Å². The van der Waals surface area contributed by atoms with Crippen LogP contribution in [-0.4, -0.2) is 40.9 Å². The van der Waals surface area contributed by atoms with E-state index in [1.54, 1.807) is 4.90 Å². The van der Waals surface area contributed by atoms with Crippen LogP contribution in [0.25, 0.3) is 0 Å². The Balaban J connectivity index is 1.98. The van der Waals surface area contributed by atoms with Gasteiger partial charge in [0.25, 0.3) is 11.6 Å². The van der Waals surface area contributed by atoms with Crippen molar-refractivity contribution in [3.63, 3.8) is 0 Å². The number of esters is 1. The fourth-order valence-corrected chi connectivity index (χ4v) is 2.73. The van der Waals surface area contributed by atoms with Crippen LogP contribution < -0.4 is 0 Å². The van der Waals surface area contributed by atoms with Gasteiger partial charge < -0.3 is 9.64 Å². The van der Waals surface area contributed by atoms with Crippen LogP contribution in [0.3, 0.4) is 0 Å². The summed E-state index contributed by atoms with van der Waals surface area (Å²) in [5.41, 5.74) is -0.391. The van der Waals surface area contributed by atoms with Crippen molar-refractivity contribution in [3.05, 3.63) is 38.9 Å². The zero-order valence-corrected chi connectivity index (χ0v) is 13.4. The van der Waals surface area contributed by atoms with Gasteiger partial charge in [-0.2, -0.15) is 0 Å². The fourth-order valence-electron chi connectivity index (χ4n) is 2.54. The van der Waals surface area contributed by atoms with Crippen LogP contribution in [0.4, 0.5) is 5.69 Å². The summed E-state index contributed by atoms with van der Waals surface area (Å²) in [7, 11) is 0. The molecule has 1 saturated heterocycles. The molecule has 0 radical (unpaired) electrons. The lowest BCUT2D eigenvalue weighted by Crippen LogP contribution is -2.44. The van der Waals surface area contributed by atoms with Crippen molar-refractivity contribution in [3.8, 4) is 0 Å². The Labute approximate surface area is 138 Å². The highest BCUT2D eigenvalue weighted by atomic mass is 35.5. The molecule has 1 heterocycles. The van der Waals surface area contributed by atoms with E-state index in [2.05, 4.69) is 0 Å². The molecule has 0 saturated carbocycles. The maximum absolute atomic E-state index is 12.1. The predicted octanol–water partition coefficient (Wildman–Crippen LogP) is 2.81. The van der Waals surface area contributed by atoms with Crippen LogP contribution in [0.1, 0.15) is 36.5 Å². The molecule has 0 aliphatic carbocycles. The van der Waals surface area contributed by atoms with Gasteiger partial charge in [-0.15, -0.1) is 0 Å². The van der Waals surface area contributed by atoms with E-state index in [9.17, 15) is 19.7 Å². The number of carbonyl (C=O) groups excluding carboxylic acids is 2. The van der Waals surface area contributed by atoms with Gasteiger partial charge in [-0.1, -0.05) is 11.6 Å². The van der Waals surface area contributed by atoms with E-state index in [1.165, 1.54) is 12.1 Å². The molecule has 0 spiro atoms. The lowest BCUT2D eigenvalue weighted by molar-refractivity contribution is -0.384. The predicted molar refractivity (Wildman–Crippen MR) is 83.4 cm³/mol. The van der Waals surface area contributed by atoms with Crippen LogP contribution in [-0.2, 0) is 9.53 Å². The Morgan fingerprint density at radius 2 is 2.17 bits per heavy atom. The lowest BCUT2D eigenvalue weighted by atomic mass is 10.0. The molecule has 1 aliphatic rings. The monoisotopic (exact) mass is 340 g/mol. The van der Waals surface area contributed by atoms with Crippen molar-refractivity contribution >= 4 is 29.2 Å². The minimum absolute atomic E-state index is 0.0133. The van der Waals surface area contributed by atoms with Crippen LogP contribution in [0.15, 0.2) is 18.2 Å². The van der Waals surface area contributed by atoms with Gasteiger partial charge in [0.2, 0.25) is 0 Å². The zero-order valence-electron chi connectivity index (χ0n) is 12.7. The summed E-state index contributed by atoms with van der Waals surface area (Å²) in [6, 6.07) is 3.75. The van der Waals surface area contributed by atoms with E-state index >= 15 is 0 Å². The van der Waals surface area contributed by atoms with Crippen LogP contribution >= 0.6 is 11.6 Å². The Morgan fingerprint density at radius 1 is 1.43 bits per heavy atom. The Morgan fingerprint density at radius 3 is 2.83 bits per heavy atom. The number of halogens is 1. The van der Waals surface area contributed by atoms with Crippen molar-refractivity contribution < 1.29 is 19.2 Å². The second-order valence-electron chi connectivity index (χ2n) is 5.43. The molecule has 1 aliphatic heterocycles. The molecule has 7 nitrogen and oxygen atoms in total. The number of ether oxygens (including phenoxy) is 1. The second kappa shape index (κ2) is 7.41. The minimum atomic E-state index is -0.789. The molecule has 1 fully saturated rings. The first kappa shape index (κ1) is 17.2. The van der Waals surface area contributed by atoms with Crippen molar-refractivity contribution in [2.24, 2.45) is 0 Å². The molecule has 1 atom stereocenters. The summed E-state index contributed by atoms with van der Waals surface area (Å²) in [5, 5.41) is 10.7. The van der Waals surface area contributed by atoms with Gasteiger partial charge in [-0.05, 0) is 38.3 Å². The molecule has 124 valence electrons. The number of nitro benzene ring substituents is 1. The first-order valence-electron chi connectivity index (χ1n) is 7.30. The third-order valence-electron chi connectivity index (χ3n) is 3.83. The van der Waals surface area contributed by atoms with Crippen LogP contribution in [0.2, 0.25) is 5.02 Å². The van der Waals surface area contributed by atoms with E-state index in [0.29, 0.717) is 6.54 Å². The maximum Gasteiger partial charge on any atom is 0.338 e. The quantitative estimate of drug-likeness (QED) is 0.477. The third kappa shape index (κ3) is 4.19. The number of hydrogen-bond donors (Lipinski definition) is 0. The van der Waals surface area contributed by atoms with E-state index in [-0.39, 0.29) is 34.8 Å². The highest BCUT2D eigenvalue weighted by molar-refractivity contribution is 6.32. The number of amides is 1. The number of piperidine rings is 1. The van der Waals surface area contributed by atoms with Gasteiger partial charge in [0.15, 0.2) is 6.61 Å². The van der Waals surface area contributed by atoms with Gasteiger partial charge in [0, 0.05) is 18.7 Å². The molecule has 0 bridgehead atoms. The second-order valence-corrected chi connectivity index (χ2v) is 5.84. The number of carbonyl (C=O) groups is 2. The number of rotatable bonds is 4. The average Bonchev–Trinajstić information content (AvgIpc) is 2.52. The highest BCUT2D eigenvalue weighted by Gasteiger charge is 2.24. The van der Waals surface area contributed by atoms with Gasteiger partial charge in [-0.25, -0.2) is 4.79 Å². The molecule has 1 aromatic carbocycles. The van der Waals surface area contributed by atoms with E-state index < -0.39 is 10.9 Å². The maximum atomic E-state index is 12.1. The van der Waals surface area contributed by atoms with E-state index in [1.807, 2.05) is 6.92 Å². The smallest absolute Gasteiger partial charge is 0.338 e. The van der Waals surface area contributed by atoms with E-state index in [4.69, 9.17) is 16.3 Å². The molecule has 23 heavy (non-hydrogen) atoms. The molecule has 8 heteroatoms. The SMILES string of the molecule is C[C@H]1CCCCN1C(=O)COC(=O)c1ccc(Cl)c([N+](=O)[O-])c1. The fraction of sp³-hybridized carbons (Fsp3) is 0.467. The number of nitrogens with zero attached hydrogens (tertiary/aromatic N) is 2. The minimum Gasteiger partial charge on any atom is -0.452 e. The lowest BCUT2D eigenvalue weighted by Gasteiger charge is -2.33. The Hall–Kier alpha value is -2.15. The van der Waals surface area contributed by atoms with Gasteiger partial charge >= 0.3 is 5.97 Å². The van der Waals surface area contributed by atoms with E-state index in [0.717, 1.165) is 25.3 Å². The van der Waals surface area contributed by atoms with Gasteiger partial charge in [-0.3, -0.25) is 14.9 Å². The summed E-state index contributed by atoms with van der Waals surface area (Å²) in [6.07, 6.45) is 2.95. The zero-order chi connectivity index (χ0) is 17.0. The van der Waals surface area contributed by atoms with Crippen molar-refractivity contribution in [1.82, 2.24) is 4.90 Å². The Bertz CT molecular complexity index is 634. The van der Waals surface area contributed by atoms with Gasteiger partial charge in [0.1, 0.15) is 5.02 Å². The molecular weight excluding hydrogens is 324 g/mol. The Kier molecular flexibility index (Phi) is 5.54. The molecule has 0 unspecified atom stereocenters. The molecule has 2 rings (SSSR count). The largest absolute Gasteiger partial charge is 0.452 e. The number of likely N-dealkylation sites (tertiary alicyclic amines) is 1. The third-order valence-corrected chi connectivity index (χ3v) is 4.15. The van der Waals surface area contributed by atoms with Crippen LogP contribution in [0.5, 0.6) is 0 Å². The first-order valence-corrected chi connectivity index (χ1v) is 7.68. The topological polar surface area (TPSA) is 89.8 Å². The summed E-state index contributed by atoms with van der Waals surface area (Å²) in [6.45, 7) is 2.24. The summed E-state index contributed by atoms with van der Waals surface area (Å²) in [5.74, 6) is -1.04. The summed E-state index contributed by atoms with van der Waals surface area (Å²) < 4.78 is 4.97. The normalized spacial score (nSPS) is 17.7.